The summed E-state index contributed by atoms with van der Waals surface area (Å²) in [4.78, 5) is 2.49. The molecular weight excluding hydrogens is 639 g/mol. The van der Waals surface area contributed by atoms with Gasteiger partial charge in [-0.15, -0.1) is 0 Å². The molecule has 0 aromatic heterocycles. The maximum Gasteiger partial charge on any atom is 0.0540 e. The van der Waals surface area contributed by atoms with Crippen LogP contribution in [-0.4, -0.2) is 0 Å². The average Bonchev–Trinajstić information content (AvgIpc) is 3.57. The number of hydrogen-bond acceptors (Lipinski definition) is 1. The molecule has 0 N–H and O–H groups in total. The van der Waals surface area contributed by atoms with Crippen LogP contribution in [0.15, 0.2) is 176 Å². The molecule has 0 bridgehead atoms. The van der Waals surface area contributed by atoms with Crippen molar-refractivity contribution in [2.75, 3.05) is 4.90 Å². The van der Waals surface area contributed by atoms with Gasteiger partial charge in [0.1, 0.15) is 0 Å². The van der Waals surface area contributed by atoms with Gasteiger partial charge >= 0.3 is 0 Å². The van der Waals surface area contributed by atoms with Crippen LogP contribution < -0.4 is 4.90 Å². The lowest BCUT2D eigenvalue weighted by Crippen LogP contribution is -2.18. The van der Waals surface area contributed by atoms with E-state index in [-0.39, 0.29) is 10.8 Å². The summed E-state index contributed by atoms with van der Waals surface area (Å²) < 4.78 is 0. The summed E-state index contributed by atoms with van der Waals surface area (Å²) >= 11 is 0. The van der Waals surface area contributed by atoms with Gasteiger partial charge in [-0.3, -0.25) is 0 Å². The molecule has 0 atom stereocenters. The molecule has 2 aliphatic rings. The van der Waals surface area contributed by atoms with Gasteiger partial charge in [-0.25, -0.2) is 0 Å². The summed E-state index contributed by atoms with van der Waals surface area (Å²) in [6.45, 7) is 9.51. The van der Waals surface area contributed by atoms with E-state index >= 15 is 0 Å². The SMILES string of the molecule is CC1(C)c2ccccc2-c2ccc(N(c3ccc4c(c3)C(C)(C)c3cc(-c5ccc(-c6ccccc6)cc5)ccc3-4)c3cccc4ccccc34)cc21. The first-order valence-corrected chi connectivity index (χ1v) is 18.8. The molecule has 2 aliphatic carbocycles. The fourth-order valence-corrected chi connectivity index (χ4v) is 9.19. The molecule has 0 unspecified atom stereocenters. The minimum Gasteiger partial charge on any atom is -0.310 e. The van der Waals surface area contributed by atoms with Gasteiger partial charge in [0.15, 0.2) is 0 Å². The largest absolute Gasteiger partial charge is 0.310 e. The second kappa shape index (κ2) is 11.7. The van der Waals surface area contributed by atoms with Gasteiger partial charge in [0.2, 0.25) is 0 Å². The van der Waals surface area contributed by atoms with E-state index in [0.717, 1.165) is 0 Å². The van der Waals surface area contributed by atoms with Crippen LogP contribution in [0.5, 0.6) is 0 Å². The Morgan fingerprint density at radius 3 is 1.51 bits per heavy atom. The van der Waals surface area contributed by atoms with E-state index in [1.54, 1.807) is 0 Å². The van der Waals surface area contributed by atoms with E-state index in [1.807, 2.05) is 0 Å². The highest BCUT2D eigenvalue weighted by molar-refractivity contribution is 6.00. The average molecular weight is 680 g/mol. The van der Waals surface area contributed by atoms with Gasteiger partial charge in [-0.2, -0.15) is 0 Å². The fourth-order valence-electron chi connectivity index (χ4n) is 9.19. The zero-order valence-electron chi connectivity index (χ0n) is 30.7. The predicted molar refractivity (Wildman–Crippen MR) is 225 cm³/mol. The highest BCUT2D eigenvalue weighted by Crippen LogP contribution is 2.54. The molecule has 8 aromatic rings. The van der Waals surface area contributed by atoms with Crippen LogP contribution in [0.4, 0.5) is 17.1 Å². The highest BCUT2D eigenvalue weighted by atomic mass is 15.1. The molecule has 0 saturated carbocycles. The molecule has 0 spiro atoms. The van der Waals surface area contributed by atoms with Crippen molar-refractivity contribution in [1.29, 1.82) is 0 Å². The topological polar surface area (TPSA) is 3.24 Å². The molecule has 1 heteroatoms. The first-order chi connectivity index (χ1) is 25.8. The minimum absolute atomic E-state index is 0.0898. The predicted octanol–water partition coefficient (Wildman–Crippen LogP) is 14.3. The second-order valence-corrected chi connectivity index (χ2v) is 15.8. The van der Waals surface area contributed by atoms with Crippen molar-refractivity contribution in [3.05, 3.63) is 198 Å². The Labute approximate surface area is 312 Å². The summed E-state index contributed by atoms with van der Waals surface area (Å²) in [5.74, 6) is 0. The van der Waals surface area contributed by atoms with E-state index in [2.05, 4.69) is 209 Å². The minimum atomic E-state index is -0.174. The first kappa shape index (κ1) is 31.5. The van der Waals surface area contributed by atoms with Gasteiger partial charge in [-0.1, -0.05) is 167 Å². The summed E-state index contributed by atoms with van der Waals surface area (Å²) in [5.41, 5.74) is 19.1. The Morgan fingerprint density at radius 2 is 0.811 bits per heavy atom. The molecule has 0 aliphatic heterocycles. The van der Waals surface area contributed by atoms with Crippen LogP contribution in [-0.2, 0) is 10.8 Å². The van der Waals surface area contributed by atoms with Crippen molar-refractivity contribution in [1.82, 2.24) is 0 Å². The first-order valence-electron chi connectivity index (χ1n) is 18.8. The van der Waals surface area contributed by atoms with Gasteiger partial charge in [0.25, 0.3) is 0 Å². The summed E-state index contributed by atoms with van der Waals surface area (Å²) in [6, 6.07) is 65.3. The van der Waals surface area contributed by atoms with Crippen molar-refractivity contribution >= 4 is 27.8 Å². The highest BCUT2D eigenvalue weighted by Gasteiger charge is 2.38. The van der Waals surface area contributed by atoms with Crippen molar-refractivity contribution in [3.63, 3.8) is 0 Å². The van der Waals surface area contributed by atoms with Crippen LogP contribution in [0.25, 0.3) is 55.3 Å². The number of benzene rings is 8. The number of nitrogens with zero attached hydrogens (tertiary/aromatic N) is 1. The van der Waals surface area contributed by atoms with Crippen molar-refractivity contribution in [2.24, 2.45) is 0 Å². The number of rotatable bonds is 5. The van der Waals surface area contributed by atoms with Crippen LogP contribution in [0, 0.1) is 0 Å². The molecular formula is C52H41N. The molecule has 0 amide bonds. The molecule has 0 radical (unpaired) electrons. The van der Waals surface area contributed by atoms with Gasteiger partial charge < -0.3 is 4.90 Å². The van der Waals surface area contributed by atoms with Gasteiger partial charge in [0, 0.05) is 27.6 Å². The number of anilines is 3. The summed E-state index contributed by atoms with van der Waals surface area (Å²) in [7, 11) is 0. The van der Waals surface area contributed by atoms with Gasteiger partial charge in [0.05, 0.1) is 5.69 Å². The lowest BCUT2D eigenvalue weighted by atomic mass is 9.81. The summed E-state index contributed by atoms with van der Waals surface area (Å²) in [6.07, 6.45) is 0. The second-order valence-electron chi connectivity index (χ2n) is 15.8. The Bertz CT molecular complexity index is 2710. The van der Waals surface area contributed by atoms with Crippen molar-refractivity contribution < 1.29 is 0 Å². The maximum atomic E-state index is 2.49. The number of fused-ring (bicyclic) bond motifs is 7. The Hall–Kier alpha value is -6.18. The van der Waals surface area contributed by atoms with Crippen molar-refractivity contribution in [3.8, 4) is 44.5 Å². The Kier molecular flexibility index (Phi) is 6.94. The van der Waals surface area contributed by atoms with Crippen LogP contribution in [0.3, 0.4) is 0 Å². The molecule has 53 heavy (non-hydrogen) atoms. The molecule has 8 aromatic carbocycles. The fraction of sp³-hybridized carbons (Fsp3) is 0.115. The Balaban J connectivity index is 1.09. The third kappa shape index (κ3) is 4.84. The molecule has 1 nitrogen and oxygen atoms in total. The molecule has 0 saturated heterocycles. The third-order valence-electron chi connectivity index (χ3n) is 12.1. The molecule has 254 valence electrons. The van der Waals surface area contributed by atoms with E-state index in [9.17, 15) is 0 Å². The standard InChI is InChI=1S/C52H41N/c1-51(2)46-19-11-10-18-42(46)44-29-26-39(32-48(44)51)53(50-20-12-16-37-15-8-9-17-41(37)50)40-27-30-45-43-28-25-38(31-47(43)52(3,4)49(45)33-40)36-23-21-35(22-24-36)34-13-6-5-7-14-34/h5-33H,1-4H3. The van der Waals surface area contributed by atoms with Crippen molar-refractivity contribution in [2.45, 2.75) is 38.5 Å². The zero-order valence-corrected chi connectivity index (χ0v) is 30.7. The normalized spacial score (nSPS) is 14.3. The van der Waals surface area contributed by atoms with Crippen LogP contribution in [0.1, 0.15) is 49.9 Å². The molecule has 10 rings (SSSR count). The number of hydrogen-bond donors (Lipinski definition) is 0. The lowest BCUT2D eigenvalue weighted by Gasteiger charge is -2.30. The monoisotopic (exact) mass is 679 g/mol. The molecule has 0 heterocycles. The Morgan fingerprint density at radius 1 is 0.340 bits per heavy atom. The quantitative estimate of drug-likeness (QED) is 0.175. The van der Waals surface area contributed by atoms with Crippen LogP contribution >= 0.6 is 0 Å². The molecule has 0 fully saturated rings. The smallest absolute Gasteiger partial charge is 0.0540 e. The van der Waals surface area contributed by atoms with E-state index in [0.29, 0.717) is 0 Å². The maximum absolute atomic E-state index is 2.49. The van der Waals surface area contributed by atoms with E-state index < -0.39 is 0 Å². The summed E-state index contributed by atoms with van der Waals surface area (Å²) in [5, 5.41) is 2.48. The van der Waals surface area contributed by atoms with E-state index in [1.165, 1.54) is 94.6 Å². The lowest BCUT2D eigenvalue weighted by molar-refractivity contribution is 0.660. The third-order valence-corrected chi connectivity index (χ3v) is 12.1. The van der Waals surface area contributed by atoms with Gasteiger partial charge in [-0.05, 0) is 109 Å². The zero-order chi connectivity index (χ0) is 35.9. The van der Waals surface area contributed by atoms with E-state index in [4.69, 9.17) is 0 Å². The van der Waals surface area contributed by atoms with Crippen LogP contribution in [0.2, 0.25) is 0 Å².